The average Bonchev–Trinajstić information content (AvgIpc) is 2.35. The van der Waals surface area contributed by atoms with Crippen LogP contribution in [0.2, 0.25) is 0 Å². The third-order valence-electron chi connectivity index (χ3n) is 3.36. The van der Waals surface area contributed by atoms with Crippen LogP contribution >= 0.6 is 0 Å². The van der Waals surface area contributed by atoms with Gasteiger partial charge in [0.2, 0.25) is 5.78 Å². The first-order valence-corrected chi connectivity index (χ1v) is 7.80. The molecule has 0 bridgehead atoms. The van der Waals surface area contributed by atoms with E-state index in [0.717, 1.165) is 19.3 Å². The van der Waals surface area contributed by atoms with Gasteiger partial charge in [0.15, 0.2) is 0 Å². The van der Waals surface area contributed by atoms with E-state index in [9.17, 15) is 14.9 Å². The summed E-state index contributed by atoms with van der Waals surface area (Å²) < 4.78 is 0. The lowest BCUT2D eigenvalue weighted by Gasteiger charge is -2.02. The number of carbonyl (C=O) groups is 1. The molecule has 0 N–H and O–H groups in total. The molecule has 0 aromatic carbocycles. The lowest BCUT2D eigenvalue weighted by Crippen LogP contribution is -2.12. The molecule has 0 aliphatic carbocycles. The minimum Gasteiger partial charge on any atom is -0.292 e. The zero-order chi connectivity index (χ0) is 14.3. The summed E-state index contributed by atoms with van der Waals surface area (Å²) >= 11 is 0. The van der Waals surface area contributed by atoms with E-state index in [2.05, 4.69) is 6.92 Å². The molecular weight excluding hydrogens is 242 g/mol. The highest BCUT2D eigenvalue weighted by atomic mass is 16.6. The topological polar surface area (TPSA) is 60.2 Å². The quantitative estimate of drug-likeness (QED) is 0.265. The summed E-state index contributed by atoms with van der Waals surface area (Å²) in [5, 5.41) is 10.1. The SMILES string of the molecule is CCCCCCCCCCCCCC(=O)C[N+](=O)[O-]. The van der Waals surface area contributed by atoms with Gasteiger partial charge in [-0.05, 0) is 6.42 Å². The summed E-state index contributed by atoms with van der Waals surface area (Å²) in [6, 6.07) is 0. The lowest BCUT2D eigenvalue weighted by atomic mass is 10.0. The maximum absolute atomic E-state index is 11.1. The van der Waals surface area contributed by atoms with Crippen LogP contribution in [0.4, 0.5) is 0 Å². The molecule has 0 aromatic rings. The number of unbranched alkanes of at least 4 members (excludes halogenated alkanes) is 10. The number of hydrogen-bond donors (Lipinski definition) is 0. The van der Waals surface area contributed by atoms with Gasteiger partial charge in [0.25, 0.3) is 6.54 Å². The number of nitro groups is 1. The number of Topliss-reactive ketones (excluding diaryl/α,β-unsaturated/α-hetero) is 1. The summed E-state index contributed by atoms with van der Waals surface area (Å²) in [6.07, 6.45) is 13.9. The largest absolute Gasteiger partial charge is 0.292 e. The van der Waals surface area contributed by atoms with Crippen molar-refractivity contribution in [3.8, 4) is 0 Å². The number of rotatable bonds is 14. The Balaban J connectivity index is 3.10. The first kappa shape index (κ1) is 18.1. The summed E-state index contributed by atoms with van der Waals surface area (Å²) in [6.45, 7) is 1.73. The lowest BCUT2D eigenvalue weighted by molar-refractivity contribution is -0.467. The van der Waals surface area contributed by atoms with Crippen LogP contribution in [0.25, 0.3) is 0 Å². The maximum Gasteiger partial charge on any atom is 0.261 e. The second kappa shape index (κ2) is 13.5. The minimum atomic E-state index is -0.541. The average molecular weight is 271 g/mol. The molecule has 4 nitrogen and oxygen atoms in total. The molecule has 0 radical (unpaired) electrons. The summed E-state index contributed by atoms with van der Waals surface area (Å²) in [4.78, 5) is 20.6. The first-order valence-electron chi connectivity index (χ1n) is 7.80. The van der Waals surface area contributed by atoms with E-state index >= 15 is 0 Å². The smallest absolute Gasteiger partial charge is 0.261 e. The van der Waals surface area contributed by atoms with E-state index in [-0.39, 0.29) is 5.78 Å². The van der Waals surface area contributed by atoms with Gasteiger partial charge in [-0.3, -0.25) is 14.9 Å². The van der Waals surface area contributed by atoms with Gasteiger partial charge in [-0.25, -0.2) is 0 Å². The molecule has 0 aliphatic heterocycles. The van der Waals surface area contributed by atoms with Gasteiger partial charge >= 0.3 is 0 Å². The first-order chi connectivity index (χ1) is 9.16. The Morgan fingerprint density at radius 3 is 1.68 bits per heavy atom. The Hall–Kier alpha value is -0.930. The van der Waals surface area contributed by atoms with Gasteiger partial charge in [-0.2, -0.15) is 0 Å². The number of ketones is 1. The third kappa shape index (κ3) is 15.0. The molecule has 0 atom stereocenters. The summed E-state index contributed by atoms with van der Waals surface area (Å²) in [7, 11) is 0. The molecule has 0 saturated carbocycles. The summed E-state index contributed by atoms with van der Waals surface area (Å²) in [5.74, 6) is -0.235. The molecule has 0 amide bonds. The number of nitrogens with zero attached hydrogens (tertiary/aromatic N) is 1. The van der Waals surface area contributed by atoms with Crippen molar-refractivity contribution < 1.29 is 9.72 Å². The normalized spacial score (nSPS) is 10.6. The Labute approximate surface area is 117 Å². The highest BCUT2D eigenvalue weighted by molar-refractivity contribution is 5.79. The second-order valence-corrected chi connectivity index (χ2v) is 5.32. The van der Waals surface area contributed by atoms with Crippen LogP contribution in [-0.2, 0) is 4.79 Å². The summed E-state index contributed by atoms with van der Waals surface area (Å²) in [5.41, 5.74) is 0. The fraction of sp³-hybridized carbons (Fsp3) is 0.933. The van der Waals surface area contributed by atoms with E-state index in [4.69, 9.17) is 0 Å². The molecule has 0 fully saturated rings. The zero-order valence-corrected chi connectivity index (χ0v) is 12.4. The molecule has 0 aromatic heterocycles. The van der Waals surface area contributed by atoms with Crippen molar-refractivity contribution in [1.29, 1.82) is 0 Å². The van der Waals surface area contributed by atoms with Gasteiger partial charge < -0.3 is 0 Å². The minimum absolute atomic E-state index is 0.235. The Bertz CT molecular complexity index is 242. The molecule has 4 heteroatoms. The standard InChI is InChI=1S/C15H29NO3/c1-2-3-4-5-6-7-8-9-10-11-12-13-15(17)14-16(18)19/h2-14H2,1H3. The molecule has 0 spiro atoms. The van der Waals surface area contributed by atoms with Crippen molar-refractivity contribution in [2.45, 2.75) is 84.0 Å². The van der Waals surface area contributed by atoms with Crippen molar-refractivity contribution in [3.05, 3.63) is 10.1 Å². The van der Waals surface area contributed by atoms with Crippen LogP contribution in [-0.4, -0.2) is 17.3 Å². The Kier molecular flexibility index (Phi) is 12.8. The van der Waals surface area contributed by atoms with E-state index in [1.54, 1.807) is 0 Å². The zero-order valence-electron chi connectivity index (χ0n) is 12.4. The van der Waals surface area contributed by atoms with Crippen LogP contribution in [0, 0.1) is 10.1 Å². The highest BCUT2D eigenvalue weighted by Gasteiger charge is 2.08. The Morgan fingerprint density at radius 2 is 1.26 bits per heavy atom. The van der Waals surface area contributed by atoms with Gasteiger partial charge in [0.1, 0.15) is 0 Å². The monoisotopic (exact) mass is 271 g/mol. The molecule has 0 aliphatic rings. The van der Waals surface area contributed by atoms with Crippen molar-refractivity contribution in [2.75, 3.05) is 6.54 Å². The third-order valence-corrected chi connectivity index (χ3v) is 3.36. The number of hydrogen-bond acceptors (Lipinski definition) is 3. The van der Waals surface area contributed by atoms with Crippen molar-refractivity contribution in [1.82, 2.24) is 0 Å². The van der Waals surface area contributed by atoms with Gasteiger partial charge in [0, 0.05) is 11.3 Å². The van der Waals surface area contributed by atoms with Gasteiger partial charge in [-0.1, -0.05) is 71.1 Å². The predicted molar refractivity (Wildman–Crippen MR) is 77.9 cm³/mol. The van der Waals surface area contributed by atoms with E-state index < -0.39 is 11.5 Å². The molecule has 0 unspecified atom stereocenters. The fourth-order valence-electron chi connectivity index (χ4n) is 2.21. The Morgan fingerprint density at radius 1 is 0.842 bits per heavy atom. The fourth-order valence-corrected chi connectivity index (χ4v) is 2.21. The molecule has 0 heterocycles. The predicted octanol–water partition coefficient (Wildman–Crippen LogP) is 4.53. The van der Waals surface area contributed by atoms with E-state index in [1.165, 1.54) is 51.4 Å². The van der Waals surface area contributed by atoms with Crippen LogP contribution in [0.15, 0.2) is 0 Å². The van der Waals surface area contributed by atoms with Gasteiger partial charge in [0.05, 0.1) is 0 Å². The molecule has 0 rings (SSSR count). The van der Waals surface area contributed by atoms with Gasteiger partial charge in [-0.15, -0.1) is 0 Å². The van der Waals surface area contributed by atoms with Crippen molar-refractivity contribution >= 4 is 5.78 Å². The maximum atomic E-state index is 11.1. The molecule has 19 heavy (non-hydrogen) atoms. The number of carbonyl (C=O) groups excluding carboxylic acids is 1. The highest BCUT2D eigenvalue weighted by Crippen LogP contribution is 2.11. The van der Waals surface area contributed by atoms with Crippen LogP contribution < -0.4 is 0 Å². The second-order valence-electron chi connectivity index (χ2n) is 5.32. The van der Waals surface area contributed by atoms with E-state index in [1.807, 2.05) is 0 Å². The van der Waals surface area contributed by atoms with Crippen LogP contribution in [0.1, 0.15) is 84.0 Å². The van der Waals surface area contributed by atoms with E-state index in [0.29, 0.717) is 6.42 Å². The molecule has 0 saturated heterocycles. The van der Waals surface area contributed by atoms with Crippen molar-refractivity contribution in [3.63, 3.8) is 0 Å². The van der Waals surface area contributed by atoms with Crippen LogP contribution in [0.3, 0.4) is 0 Å². The molecule has 112 valence electrons. The van der Waals surface area contributed by atoms with Crippen LogP contribution in [0.5, 0.6) is 0 Å². The molecular formula is C15H29NO3. The van der Waals surface area contributed by atoms with Crippen molar-refractivity contribution in [2.24, 2.45) is 0 Å².